The Balaban J connectivity index is 1.51. The normalized spacial score (nSPS) is 11.3. The first-order valence-corrected chi connectivity index (χ1v) is 12.2. The van der Waals surface area contributed by atoms with Crippen molar-refractivity contribution in [1.29, 1.82) is 5.26 Å². The second-order valence-corrected chi connectivity index (χ2v) is 9.12. The summed E-state index contributed by atoms with van der Waals surface area (Å²) in [4.78, 5) is 13.0. The predicted molar refractivity (Wildman–Crippen MR) is 151 cm³/mol. The van der Waals surface area contributed by atoms with E-state index in [1.165, 1.54) is 0 Å². The molecule has 0 aliphatic carbocycles. The molecule has 0 fully saturated rings. The van der Waals surface area contributed by atoms with Crippen LogP contribution in [-0.4, -0.2) is 5.91 Å². The maximum Gasteiger partial charge on any atom is 0.266 e. The highest BCUT2D eigenvalue weighted by molar-refractivity contribution is 6.31. The Morgan fingerprint density at radius 2 is 1.62 bits per heavy atom. The van der Waals surface area contributed by atoms with Gasteiger partial charge >= 0.3 is 0 Å². The highest BCUT2D eigenvalue weighted by atomic mass is 35.5. The summed E-state index contributed by atoms with van der Waals surface area (Å²) in [6.45, 7) is 2.23. The van der Waals surface area contributed by atoms with E-state index >= 15 is 0 Å². The largest absolute Gasteiger partial charge is 0.488 e. The average molecular weight is 503 g/mol. The minimum Gasteiger partial charge on any atom is -0.488 e. The van der Waals surface area contributed by atoms with Gasteiger partial charge in [-0.2, -0.15) is 5.26 Å². The standard InChI is InChI=1S/C32H23ClN2O2/c1-21-13-15-26(18-30(21)33)35-32(36)25(19-34)17-29-28-12-5-3-8-23(28)14-16-31(29)37-20-24-10-6-9-22-7-2-4-11-27(22)24/h2-18H,20H2,1H3,(H,35,36)/b25-17+. The van der Waals surface area contributed by atoms with Gasteiger partial charge in [-0.25, -0.2) is 0 Å². The van der Waals surface area contributed by atoms with Gasteiger partial charge in [0.05, 0.1) is 0 Å². The van der Waals surface area contributed by atoms with Gasteiger partial charge in [-0.15, -0.1) is 0 Å². The topological polar surface area (TPSA) is 62.1 Å². The number of carbonyl (C=O) groups is 1. The van der Waals surface area contributed by atoms with E-state index in [4.69, 9.17) is 16.3 Å². The molecule has 4 nitrogen and oxygen atoms in total. The van der Waals surface area contributed by atoms with Gasteiger partial charge in [0.15, 0.2) is 0 Å². The number of nitrogens with zero attached hydrogens (tertiary/aromatic N) is 1. The van der Waals surface area contributed by atoms with Crippen LogP contribution in [0.5, 0.6) is 5.75 Å². The fraction of sp³-hybridized carbons (Fsp3) is 0.0625. The van der Waals surface area contributed by atoms with Crippen LogP contribution in [0.15, 0.2) is 103 Å². The van der Waals surface area contributed by atoms with Gasteiger partial charge in [-0.1, -0.05) is 90.5 Å². The number of hydrogen-bond donors (Lipinski definition) is 1. The molecule has 37 heavy (non-hydrogen) atoms. The summed E-state index contributed by atoms with van der Waals surface area (Å²) in [5.41, 5.74) is 3.11. The van der Waals surface area contributed by atoms with E-state index in [-0.39, 0.29) is 5.57 Å². The molecule has 0 unspecified atom stereocenters. The van der Waals surface area contributed by atoms with Crippen molar-refractivity contribution in [2.45, 2.75) is 13.5 Å². The number of fused-ring (bicyclic) bond motifs is 2. The lowest BCUT2D eigenvalue weighted by Crippen LogP contribution is -2.13. The van der Waals surface area contributed by atoms with E-state index < -0.39 is 5.91 Å². The smallest absolute Gasteiger partial charge is 0.266 e. The Labute approximate surface area is 220 Å². The fourth-order valence-electron chi connectivity index (χ4n) is 4.29. The first-order chi connectivity index (χ1) is 18.0. The molecule has 5 rings (SSSR count). The van der Waals surface area contributed by atoms with Gasteiger partial charge in [-0.05, 0) is 63.9 Å². The third kappa shape index (κ3) is 5.18. The van der Waals surface area contributed by atoms with Crippen molar-refractivity contribution >= 4 is 50.8 Å². The molecule has 1 amide bonds. The van der Waals surface area contributed by atoms with Crippen molar-refractivity contribution in [2.24, 2.45) is 0 Å². The monoisotopic (exact) mass is 502 g/mol. The lowest BCUT2D eigenvalue weighted by Gasteiger charge is -2.14. The van der Waals surface area contributed by atoms with Gasteiger partial charge in [0.25, 0.3) is 5.91 Å². The Morgan fingerprint density at radius 1 is 0.919 bits per heavy atom. The molecule has 0 radical (unpaired) electrons. The number of benzene rings is 5. The minimum absolute atomic E-state index is 0.0388. The molecule has 1 N–H and O–H groups in total. The van der Waals surface area contributed by atoms with Crippen molar-refractivity contribution in [3.05, 3.63) is 124 Å². The number of nitriles is 1. The van der Waals surface area contributed by atoms with E-state index in [0.717, 1.165) is 32.7 Å². The van der Waals surface area contributed by atoms with Gasteiger partial charge in [0.2, 0.25) is 0 Å². The summed E-state index contributed by atoms with van der Waals surface area (Å²) in [5.74, 6) is 0.0703. The summed E-state index contributed by atoms with van der Waals surface area (Å²) in [6.07, 6.45) is 1.59. The van der Waals surface area contributed by atoms with Gasteiger partial charge in [-0.3, -0.25) is 4.79 Å². The molecular weight excluding hydrogens is 480 g/mol. The number of ether oxygens (including phenoxy) is 1. The minimum atomic E-state index is -0.518. The molecule has 0 aliphatic heterocycles. The summed E-state index contributed by atoms with van der Waals surface area (Å²) in [7, 11) is 0. The zero-order valence-corrected chi connectivity index (χ0v) is 20.9. The molecule has 0 spiro atoms. The number of carbonyl (C=O) groups excluding carboxylic acids is 1. The molecule has 0 aromatic heterocycles. The van der Waals surface area contributed by atoms with E-state index in [9.17, 15) is 10.1 Å². The number of halogens is 1. The third-order valence-electron chi connectivity index (χ3n) is 6.28. The summed E-state index contributed by atoms with van der Waals surface area (Å²) < 4.78 is 6.31. The molecule has 0 aliphatic rings. The quantitative estimate of drug-likeness (QED) is 0.188. The summed E-state index contributed by atoms with van der Waals surface area (Å²) in [6, 6.07) is 33.3. The first-order valence-electron chi connectivity index (χ1n) is 11.8. The van der Waals surface area contributed by atoms with Crippen LogP contribution in [0.1, 0.15) is 16.7 Å². The van der Waals surface area contributed by atoms with Crippen LogP contribution in [0, 0.1) is 18.3 Å². The van der Waals surface area contributed by atoms with Crippen molar-refractivity contribution in [3.63, 3.8) is 0 Å². The van der Waals surface area contributed by atoms with Crippen LogP contribution in [0.2, 0.25) is 5.02 Å². The molecule has 0 saturated carbocycles. The zero-order chi connectivity index (χ0) is 25.8. The molecule has 0 atom stereocenters. The number of nitrogens with one attached hydrogen (secondary N) is 1. The van der Waals surface area contributed by atoms with E-state index in [1.54, 1.807) is 18.2 Å². The predicted octanol–water partition coefficient (Wildman–Crippen LogP) is 8.08. The van der Waals surface area contributed by atoms with Crippen molar-refractivity contribution < 1.29 is 9.53 Å². The average Bonchev–Trinajstić information content (AvgIpc) is 2.92. The third-order valence-corrected chi connectivity index (χ3v) is 6.68. The summed E-state index contributed by atoms with van der Waals surface area (Å²) >= 11 is 6.20. The van der Waals surface area contributed by atoms with Gasteiger partial charge in [0.1, 0.15) is 24.0 Å². The number of anilines is 1. The molecule has 5 heteroatoms. The SMILES string of the molecule is Cc1ccc(NC(=O)/C(C#N)=C/c2c(OCc3cccc4ccccc34)ccc3ccccc23)cc1Cl. The van der Waals surface area contributed by atoms with Gasteiger partial charge in [0, 0.05) is 16.3 Å². The Bertz CT molecular complexity index is 1710. The molecule has 5 aromatic carbocycles. The van der Waals surface area contributed by atoms with E-state index in [1.807, 2.05) is 79.7 Å². The van der Waals surface area contributed by atoms with E-state index in [0.29, 0.717) is 28.6 Å². The molecule has 180 valence electrons. The number of rotatable bonds is 6. The second kappa shape index (κ2) is 10.6. The zero-order valence-electron chi connectivity index (χ0n) is 20.2. The molecule has 0 bridgehead atoms. The van der Waals surface area contributed by atoms with Crippen molar-refractivity contribution in [1.82, 2.24) is 0 Å². The van der Waals surface area contributed by atoms with Crippen LogP contribution in [0.4, 0.5) is 5.69 Å². The highest BCUT2D eigenvalue weighted by Gasteiger charge is 2.15. The Morgan fingerprint density at radius 3 is 2.38 bits per heavy atom. The van der Waals surface area contributed by atoms with Crippen LogP contribution >= 0.6 is 11.6 Å². The van der Waals surface area contributed by atoms with Crippen molar-refractivity contribution in [2.75, 3.05) is 5.32 Å². The Hall–Kier alpha value is -4.59. The van der Waals surface area contributed by atoms with Crippen LogP contribution < -0.4 is 10.1 Å². The first kappa shape index (κ1) is 24.1. The van der Waals surface area contributed by atoms with Crippen LogP contribution in [0.3, 0.4) is 0 Å². The van der Waals surface area contributed by atoms with Crippen LogP contribution in [0.25, 0.3) is 27.6 Å². The number of hydrogen-bond acceptors (Lipinski definition) is 3. The Kier molecular flexibility index (Phi) is 6.89. The lowest BCUT2D eigenvalue weighted by atomic mass is 10.0. The van der Waals surface area contributed by atoms with Gasteiger partial charge < -0.3 is 10.1 Å². The van der Waals surface area contributed by atoms with E-state index in [2.05, 4.69) is 23.5 Å². The van der Waals surface area contributed by atoms with Crippen molar-refractivity contribution in [3.8, 4) is 11.8 Å². The lowest BCUT2D eigenvalue weighted by molar-refractivity contribution is -0.112. The molecule has 0 heterocycles. The number of aryl methyl sites for hydroxylation is 1. The second-order valence-electron chi connectivity index (χ2n) is 8.71. The molecule has 5 aromatic rings. The summed E-state index contributed by atoms with van der Waals surface area (Å²) in [5, 5.41) is 17.3. The maximum absolute atomic E-state index is 13.0. The molecular formula is C32H23ClN2O2. The number of amides is 1. The fourth-order valence-corrected chi connectivity index (χ4v) is 4.47. The molecule has 0 saturated heterocycles. The van der Waals surface area contributed by atoms with Crippen LogP contribution in [-0.2, 0) is 11.4 Å². The highest BCUT2D eigenvalue weighted by Crippen LogP contribution is 2.32. The maximum atomic E-state index is 13.0.